The van der Waals surface area contributed by atoms with Crippen LogP contribution < -0.4 is 10.9 Å². The standard InChI is InChI=1S/C22H31N5O2S/c1-16-18(21(29)25-22(23-16)30-3)9-10-20(28)24-19(17-7-5-4-6-8-17)15-27-13-11-26(2)12-14-27/h4-8,19H,9-15H2,1-3H3,(H,24,28)(H,23,25,29). The molecule has 3 rings (SSSR count). The molecule has 7 nitrogen and oxygen atoms in total. The van der Waals surface area contributed by atoms with Gasteiger partial charge in [-0.15, -0.1) is 0 Å². The predicted molar refractivity (Wildman–Crippen MR) is 121 cm³/mol. The van der Waals surface area contributed by atoms with Crippen LogP contribution in [0.4, 0.5) is 0 Å². The molecule has 2 heterocycles. The van der Waals surface area contributed by atoms with E-state index in [9.17, 15) is 9.59 Å². The van der Waals surface area contributed by atoms with E-state index in [1.54, 1.807) is 0 Å². The molecule has 1 unspecified atom stereocenters. The molecule has 2 aromatic rings. The molecule has 1 aromatic carbocycles. The van der Waals surface area contributed by atoms with Crippen molar-refractivity contribution in [1.82, 2.24) is 25.1 Å². The second kappa shape index (κ2) is 10.7. The van der Waals surface area contributed by atoms with E-state index < -0.39 is 0 Å². The molecule has 1 amide bonds. The van der Waals surface area contributed by atoms with Crippen LogP contribution in [0.1, 0.15) is 29.3 Å². The van der Waals surface area contributed by atoms with Gasteiger partial charge in [0.25, 0.3) is 5.56 Å². The third-order valence-corrected chi connectivity index (χ3v) is 6.15. The second-order valence-electron chi connectivity index (χ2n) is 7.77. The van der Waals surface area contributed by atoms with E-state index in [4.69, 9.17) is 0 Å². The molecule has 1 aromatic heterocycles. The zero-order valence-electron chi connectivity index (χ0n) is 18.0. The van der Waals surface area contributed by atoms with Gasteiger partial charge < -0.3 is 15.2 Å². The Hall–Kier alpha value is -2.16. The Morgan fingerprint density at radius 1 is 1.23 bits per heavy atom. The van der Waals surface area contributed by atoms with Crippen LogP contribution in [0.15, 0.2) is 40.3 Å². The highest BCUT2D eigenvalue weighted by atomic mass is 32.2. The van der Waals surface area contributed by atoms with Crippen molar-refractivity contribution in [3.05, 3.63) is 57.5 Å². The molecule has 162 valence electrons. The largest absolute Gasteiger partial charge is 0.348 e. The molecule has 2 N–H and O–H groups in total. The number of carbonyl (C=O) groups is 1. The highest BCUT2D eigenvalue weighted by Crippen LogP contribution is 2.16. The first kappa shape index (κ1) is 22.5. The van der Waals surface area contributed by atoms with Gasteiger partial charge >= 0.3 is 0 Å². The number of H-pyrrole nitrogens is 1. The molecule has 30 heavy (non-hydrogen) atoms. The number of nitrogens with zero attached hydrogens (tertiary/aromatic N) is 3. The Kier molecular flexibility index (Phi) is 8.07. The molecular formula is C22H31N5O2S. The second-order valence-corrected chi connectivity index (χ2v) is 8.57. The van der Waals surface area contributed by atoms with Gasteiger partial charge in [-0.25, -0.2) is 4.98 Å². The first-order chi connectivity index (χ1) is 14.5. The SMILES string of the molecule is CSc1nc(C)c(CCC(=O)NC(CN2CCN(C)CC2)c2ccccc2)c(=O)[nH]1. The van der Waals surface area contributed by atoms with Crippen LogP contribution in [0, 0.1) is 6.92 Å². The third kappa shape index (κ3) is 6.17. The lowest BCUT2D eigenvalue weighted by molar-refractivity contribution is -0.122. The van der Waals surface area contributed by atoms with Crippen molar-refractivity contribution in [2.75, 3.05) is 46.0 Å². The lowest BCUT2D eigenvalue weighted by Crippen LogP contribution is -2.47. The average molecular weight is 430 g/mol. The van der Waals surface area contributed by atoms with E-state index in [2.05, 4.69) is 44.3 Å². The van der Waals surface area contributed by atoms with E-state index in [0.29, 0.717) is 22.8 Å². The maximum Gasteiger partial charge on any atom is 0.254 e. The van der Waals surface area contributed by atoms with Crippen LogP contribution in [-0.4, -0.2) is 71.7 Å². The molecular weight excluding hydrogens is 398 g/mol. The van der Waals surface area contributed by atoms with Crippen LogP contribution in [0.2, 0.25) is 0 Å². The minimum atomic E-state index is -0.156. The van der Waals surface area contributed by atoms with Crippen molar-refractivity contribution >= 4 is 17.7 Å². The maximum atomic E-state index is 12.8. The monoisotopic (exact) mass is 429 g/mol. The molecule has 0 bridgehead atoms. The summed E-state index contributed by atoms with van der Waals surface area (Å²) in [4.78, 5) is 37.0. The van der Waals surface area contributed by atoms with Crippen molar-refractivity contribution in [3.8, 4) is 0 Å². The van der Waals surface area contributed by atoms with Gasteiger partial charge in [0.1, 0.15) is 0 Å². The van der Waals surface area contributed by atoms with Gasteiger partial charge in [-0.05, 0) is 32.2 Å². The number of piperazine rings is 1. The molecule has 1 atom stereocenters. The van der Waals surface area contributed by atoms with Gasteiger partial charge in [0.2, 0.25) is 5.91 Å². The van der Waals surface area contributed by atoms with Gasteiger partial charge in [0, 0.05) is 50.4 Å². The number of hydrogen-bond donors (Lipinski definition) is 2. The first-order valence-corrected chi connectivity index (χ1v) is 11.6. The summed E-state index contributed by atoms with van der Waals surface area (Å²) in [7, 11) is 2.14. The van der Waals surface area contributed by atoms with Crippen molar-refractivity contribution in [2.45, 2.75) is 31.0 Å². The van der Waals surface area contributed by atoms with E-state index in [1.807, 2.05) is 31.4 Å². The number of nitrogens with one attached hydrogen (secondary N) is 2. The highest BCUT2D eigenvalue weighted by Gasteiger charge is 2.21. The zero-order chi connectivity index (χ0) is 21.5. The smallest absolute Gasteiger partial charge is 0.254 e. The van der Waals surface area contributed by atoms with Crippen LogP contribution in [-0.2, 0) is 11.2 Å². The van der Waals surface area contributed by atoms with Crippen molar-refractivity contribution in [1.29, 1.82) is 0 Å². The summed E-state index contributed by atoms with van der Waals surface area (Å²) in [6, 6.07) is 10.0. The van der Waals surface area contributed by atoms with Crippen LogP contribution in [0.25, 0.3) is 0 Å². The number of amides is 1. The molecule has 8 heteroatoms. The Bertz CT molecular complexity index is 894. The van der Waals surface area contributed by atoms with Crippen molar-refractivity contribution in [2.24, 2.45) is 0 Å². The number of hydrogen-bond acceptors (Lipinski definition) is 6. The van der Waals surface area contributed by atoms with E-state index in [1.165, 1.54) is 11.8 Å². The minimum Gasteiger partial charge on any atom is -0.348 e. The molecule has 1 fully saturated rings. The summed E-state index contributed by atoms with van der Waals surface area (Å²) in [5, 5.41) is 3.79. The van der Waals surface area contributed by atoms with Gasteiger partial charge in [-0.1, -0.05) is 42.1 Å². The third-order valence-electron chi connectivity index (χ3n) is 5.57. The molecule has 0 aliphatic carbocycles. The number of aryl methyl sites for hydroxylation is 1. The highest BCUT2D eigenvalue weighted by molar-refractivity contribution is 7.98. The summed E-state index contributed by atoms with van der Waals surface area (Å²) in [6.45, 7) is 6.68. The zero-order valence-corrected chi connectivity index (χ0v) is 18.8. The summed E-state index contributed by atoms with van der Waals surface area (Å²) < 4.78 is 0. The first-order valence-electron chi connectivity index (χ1n) is 10.3. The van der Waals surface area contributed by atoms with Crippen molar-refractivity contribution in [3.63, 3.8) is 0 Å². The predicted octanol–water partition coefficient (Wildman–Crippen LogP) is 1.84. The Morgan fingerprint density at radius 2 is 1.93 bits per heavy atom. The Morgan fingerprint density at radius 3 is 2.57 bits per heavy atom. The quantitative estimate of drug-likeness (QED) is 0.492. The lowest BCUT2D eigenvalue weighted by atomic mass is 10.0. The molecule has 0 spiro atoms. The van der Waals surface area contributed by atoms with Crippen LogP contribution >= 0.6 is 11.8 Å². The van der Waals surface area contributed by atoms with Crippen LogP contribution in [0.5, 0.6) is 0 Å². The number of carbonyl (C=O) groups excluding carboxylic acids is 1. The van der Waals surface area contributed by atoms with Gasteiger partial charge in [-0.2, -0.15) is 0 Å². The topological polar surface area (TPSA) is 81.3 Å². The van der Waals surface area contributed by atoms with Crippen molar-refractivity contribution < 1.29 is 4.79 Å². The summed E-state index contributed by atoms with van der Waals surface area (Å²) >= 11 is 1.40. The van der Waals surface area contributed by atoms with E-state index >= 15 is 0 Å². The van der Waals surface area contributed by atoms with Gasteiger partial charge in [-0.3, -0.25) is 14.5 Å². The number of thioether (sulfide) groups is 1. The fraction of sp³-hybridized carbons (Fsp3) is 0.500. The van der Waals surface area contributed by atoms with E-state index in [-0.39, 0.29) is 23.9 Å². The molecule has 0 radical (unpaired) electrons. The maximum absolute atomic E-state index is 12.8. The lowest BCUT2D eigenvalue weighted by Gasteiger charge is -2.35. The summed E-state index contributed by atoms with van der Waals surface area (Å²) in [5.41, 5.74) is 2.22. The number of likely N-dealkylation sites (N-methyl/N-ethyl adjacent to an activating group) is 1. The fourth-order valence-corrected chi connectivity index (χ4v) is 4.11. The summed E-state index contributed by atoms with van der Waals surface area (Å²) in [5.74, 6) is -0.0503. The molecule has 0 saturated carbocycles. The van der Waals surface area contributed by atoms with E-state index in [0.717, 1.165) is 38.3 Å². The fourth-order valence-electron chi connectivity index (χ4n) is 3.69. The van der Waals surface area contributed by atoms with Crippen LogP contribution in [0.3, 0.4) is 0 Å². The Labute approximate surface area is 182 Å². The summed E-state index contributed by atoms with van der Waals surface area (Å²) in [6.07, 6.45) is 2.51. The van der Waals surface area contributed by atoms with Gasteiger partial charge in [0.15, 0.2) is 5.16 Å². The Balaban J connectivity index is 1.64. The average Bonchev–Trinajstić information content (AvgIpc) is 2.74. The normalized spacial score (nSPS) is 16.4. The number of benzene rings is 1. The number of aromatic nitrogens is 2. The molecule has 1 aliphatic heterocycles. The minimum absolute atomic E-state index is 0.0503. The van der Waals surface area contributed by atoms with Gasteiger partial charge in [0.05, 0.1) is 6.04 Å². The molecule has 1 aliphatic rings. The molecule has 1 saturated heterocycles. The number of rotatable bonds is 8. The number of aromatic amines is 1.